The first-order chi connectivity index (χ1) is 7.67. The van der Waals surface area contributed by atoms with Crippen LogP contribution in [0.25, 0.3) is 0 Å². The van der Waals surface area contributed by atoms with Crippen LogP contribution in [0.4, 0.5) is 0 Å². The Morgan fingerprint density at radius 1 is 1.31 bits per heavy atom. The summed E-state index contributed by atoms with van der Waals surface area (Å²) in [4.78, 5) is 24.3. The van der Waals surface area contributed by atoms with Gasteiger partial charge in [0.15, 0.2) is 0 Å². The second-order valence-corrected chi connectivity index (χ2v) is 4.71. The molecule has 0 radical (unpaired) electrons. The van der Waals surface area contributed by atoms with E-state index in [4.69, 9.17) is 0 Å². The van der Waals surface area contributed by atoms with Gasteiger partial charge in [0.2, 0.25) is 0 Å². The molecule has 86 valence electrons. The molecule has 0 aromatic heterocycles. The lowest BCUT2D eigenvalue weighted by molar-refractivity contribution is -0.149. The summed E-state index contributed by atoms with van der Waals surface area (Å²) >= 11 is 2.48. The van der Waals surface area contributed by atoms with Crippen molar-refractivity contribution < 1.29 is 14.3 Å². The molecule has 0 aliphatic heterocycles. The summed E-state index contributed by atoms with van der Waals surface area (Å²) in [6, 6.07) is 7.46. The fourth-order valence-corrected chi connectivity index (χ4v) is 2.23. The zero-order valence-corrected chi connectivity index (χ0v) is 10.7. The van der Waals surface area contributed by atoms with E-state index in [1.54, 1.807) is 24.8 Å². The highest BCUT2D eigenvalue weighted by Gasteiger charge is 2.16. The fourth-order valence-electron chi connectivity index (χ4n) is 1.00. The van der Waals surface area contributed by atoms with E-state index in [-0.39, 0.29) is 6.61 Å². The minimum atomic E-state index is -0.790. The molecule has 1 aromatic rings. The van der Waals surface area contributed by atoms with Crippen LogP contribution in [0.15, 0.2) is 34.1 Å². The largest absolute Gasteiger partial charge is 0.460 e. The van der Waals surface area contributed by atoms with Gasteiger partial charge in [-0.1, -0.05) is 6.07 Å². The van der Waals surface area contributed by atoms with Crippen LogP contribution in [0, 0.1) is 0 Å². The standard InChI is InChI=1S/C11H12O3S2/c1-3-14-10(12)11(13)16-9-6-4-5-8(7-9)15-2/h4-7H,3H2,1-2H3. The molecule has 3 nitrogen and oxygen atoms in total. The van der Waals surface area contributed by atoms with Gasteiger partial charge in [0.25, 0.3) is 0 Å². The Balaban J connectivity index is 2.65. The molecule has 0 N–H and O–H groups in total. The number of thioether (sulfide) groups is 2. The normalized spacial score (nSPS) is 9.88. The summed E-state index contributed by atoms with van der Waals surface area (Å²) in [6.07, 6.45) is 1.96. The van der Waals surface area contributed by atoms with Gasteiger partial charge in [-0.05, 0) is 43.1 Å². The van der Waals surface area contributed by atoms with E-state index in [1.807, 2.05) is 24.5 Å². The average Bonchev–Trinajstić information content (AvgIpc) is 2.29. The van der Waals surface area contributed by atoms with Gasteiger partial charge >= 0.3 is 11.1 Å². The molecule has 16 heavy (non-hydrogen) atoms. The van der Waals surface area contributed by atoms with Crippen molar-refractivity contribution in [2.45, 2.75) is 16.7 Å². The van der Waals surface area contributed by atoms with E-state index in [0.717, 1.165) is 21.6 Å². The number of carbonyl (C=O) groups is 2. The van der Waals surface area contributed by atoms with E-state index in [9.17, 15) is 9.59 Å². The molecular weight excluding hydrogens is 244 g/mol. The third-order valence-corrected chi connectivity index (χ3v) is 3.26. The highest BCUT2D eigenvalue weighted by molar-refractivity contribution is 8.15. The lowest BCUT2D eigenvalue weighted by Gasteiger charge is -2.02. The zero-order chi connectivity index (χ0) is 12.0. The van der Waals surface area contributed by atoms with Crippen molar-refractivity contribution in [2.24, 2.45) is 0 Å². The quantitative estimate of drug-likeness (QED) is 0.472. The van der Waals surface area contributed by atoms with Crippen LogP contribution in [0.1, 0.15) is 6.92 Å². The maximum atomic E-state index is 11.4. The number of carbonyl (C=O) groups excluding carboxylic acids is 2. The van der Waals surface area contributed by atoms with Crippen molar-refractivity contribution in [1.82, 2.24) is 0 Å². The number of hydrogen-bond donors (Lipinski definition) is 0. The van der Waals surface area contributed by atoms with Crippen molar-refractivity contribution in [2.75, 3.05) is 12.9 Å². The maximum absolute atomic E-state index is 11.4. The average molecular weight is 256 g/mol. The van der Waals surface area contributed by atoms with E-state index in [0.29, 0.717) is 0 Å². The van der Waals surface area contributed by atoms with E-state index in [1.165, 1.54) is 0 Å². The topological polar surface area (TPSA) is 43.4 Å². The van der Waals surface area contributed by atoms with E-state index in [2.05, 4.69) is 4.74 Å². The molecule has 5 heteroatoms. The maximum Gasteiger partial charge on any atom is 0.386 e. The summed E-state index contributed by atoms with van der Waals surface area (Å²) in [7, 11) is 0. The van der Waals surface area contributed by atoms with Gasteiger partial charge in [-0.15, -0.1) is 11.8 Å². The van der Waals surface area contributed by atoms with Crippen LogP contribution in [0.3, 0.4) is 0 Å². The molecule has 0 saturated carbocycles. The number of hydrogen-bond acceptors (Lipinski definition) is 5. The molecule has 0 atom stereocenters. The van der Waals surface area contributed by atoms with Gasteiger partial charge in [0.1, 0.15) is 0 Å². The summed E-state index contributed by atoms with van der Waals surface area (Å²) in [5, 5.41) is -0.583. The van der Waals surface area contributed by atoms with Crippen LogP contribution in [0.5, 0.6) is 0 Å². The molecule has 0 aliphatic carbocycles. The van der Waals surface area contributed by atoms with Crippen LogP contribution >= 0.6 is 23.5 Å². The molecule has 0 bridgehead atoms. The Bertz CT molecular complexity index is 391. The molecule has 1 aromatic carbocycles. The fraction of sp³-hybridized carbons (Fsp3) is 0.273. The first-order valence-corrected chi connectivity index (χ1v) is 6.74. The lowest BCUT2D eigenvalue weighted by Crippen LogP contribution is -2.13. The summed E-state index contributed by atoms with van der Waals surface area (Å²) in [5.74, 6) is -0.790. The SMILES string of the molecule is CCOC(=O)C(=O)Sc1cccc(SC)c1. The monoisotopic (exact) mass is 256 g/mol. The first-order valence-electron chi connectivity index (χ1n) is 4.70. The lowest BCUT2D eigenvalue weighted by atomic mass is 10.4. The summed E-state index contributed by atoms with van der Waals surface area (Å²) in [6.45, 7) is 1.89. The summed E-state index contributed by atoms with van der Waals surface area (Å²) in [5.41, 5.74) is 0. The highest BCUT2D eigenvalue weighted by Crippen LogP contribution is 2.24. The van der Waals surface area contributed by atoms with Crippen molar-refractivity contribution in [1.29, 1.82) is 0 Å². The van der Waals surface area contributed by atoms with Gasteiger partial charge in [0, 0.05) is 9.79 Å². The first kappa shape index (κ1) is 13.1. The Morgan fingerprint density at radius 3 is 2.62 bits per heavy atom. The Labute approximate surface area is 103 Å². The number of benzene rings is 1. The molecule has 0 spiro atoms. The number of ether oxygens (including phenoxy) is 1. The third-order valence-electron chi connectivity index (χ3n) is 1.69. The van der Waals surface area contributed by atoms with Crippen LogP contribution in [0.2, 0.25) is 0 Å². The number of rotatable bonds is 3. The smallest absolute Gasteiger partial charge is 0.386 e. The van der Waals surface area contributed by atoms with Crippen molar-refractivity contribution in [3.05, 3.63) is 24.3 Å². The second-order valence-electron chi connectivity index (χ2n) is 2.79. The molecule has 0 fully saturated rings. The molecule has 0 unspecified atom stereocenters. The highest BCUT2D eigenvalue weighted by atomic mass is 32.2. The second kappa shape index (κ2) is 6.60. The minimum Gasteiger partial charge on any atom is -0.460 e. The third kappa shape index (κ3) is 3.90. The van der Waals surface area contributed by atoms with Crippen LogP contribution in [-0.2, 0) is 14.3 Å². The van der Waals surface area contributed by atoms with E-state index < -0.39 is 11.1 Å². The Kier molecular flexibility index (Phi) is 5.42. The Morgan fingerprint density at radius 2 is 2.00 bits per heavy atom. The van der Waals surface area contributed by atoms with Crippen LogP contribution < -0.4 is 0 Å². The predicted molar refractivity (Wildman–Crippen MR) is 65.7 cm³/mol. The molecule has 0 saturated heterocycles. The summed E-state index contributed by atoms with van der Waals surface area (Å²) < 4.78 is 4.62. The van der Waals surface area contributed by atoms with Crippen LogP contribution in [-0.4, -0.2) is 23.9 Å². The zero-order valence-electron chi connectivity index (χ0n) is 9.06. The van der Waals surface area contributed by atoms with Gasteiger partial charge in [-0.2, -0.15) is 0 Å². The molecule has 0 amide bonds. The van der Waals surface area contributed by atoms with Crippen molar-refractivity contribution >= 4 is 34.6 Å². The Hall–Kier alpha value is -0.940. The van der Waals surface area contributed by atoms with Crippen molar-refractivity contribution in [3.63, 3.8) is 0 Å². The molecule has 0 heterocycles. The van der Waals surface area contributed by atoms with Gasteiger partial charge < -0.3 is 4.74 Å². The minimum absolute atomic E-state index is 0.218. The molecular formula is C11H12O3S2. The van der Waals surface area contributed by atoms with Gasteiger partial charge in [-0.3, -0.25) is 4.79 Å². The molecule has 1 rings (SSSR count). The van der Waals surface area contributed by atoms with E-state index >= 15 is 0 Å². The van der Waals surface area contributed by atoms with Gasteiger partial charge in [0.05, 0.1) is 6.61 Å². The number of esters is 1. The molecule has 0 aliphatic rings. The van der Waals surface area contributed by atoms with Crippen molar-refractivity contribution in [3.8, 4) is 0 Å². The predicted octanol–water partition coefficient (Wildman–Crippen LogP) is 2.59. The van der Waals surface area contributed by atoms with Gasteiger partial charge in [-0.25, -0.2) is 4.79 Å².